The van der Waals surface area contributed by atoms with Crippen molar-refractivity contribution in [2.24, 2.45) is 5.41 Å². The second-order valence-electron chi connectivity index (χ2n) is 4.52. The molecule has 1 rings (SSSR count). The third kappa shape index (κ3) is 1.68. The summed E-state index contributed by atoms with van der Waals surface area (Å²) in [4.78, 5) is 11.2. The van der Waals surface area contributed by atoms with E-state index in [9.17, 15) is 4.79 Å². The van der Waals surface area contributed by atoms with Crippen molar-refractivity contribution in [1.82, 2.24) is 0 Å². The normalized spacial score (nSPS) is 31.6. The van der Waals surface area contributed by atoms with Gasteiger partial charge in [0.15, 0.2) is 0 Å². The van der Waals surface area contributed by atoms with Crippen LogP contribution in [0.2, 0.25) is 0 Å². The predicted octanol–water partition coefficient (Wildman–Crippen LogP) is 2.34. The lowest BCUT2D eigenvalue weighted by atomic mass is 9.71. The van der Waals surface area contributed by atoms with Crippen LogP contribution in [-0.4, -0.2) is 18.5 Å². The highest BCUT2D eigenvalue weighted by atomic mass is 16.5. The SMILES string of the molecule is C=C(C)CC1(C=O)CCOC1(C)C. The zero-order chi connectivity index (χ0) is 10.1. The largest absolute Gasteiger partial charge is 0.374 e. The number of aldehydes is 1. The Hall–Kier alpha value is -0.630. The number of carbonyl (C=O) groups is 1. The fraction of sp³-hybridized carbons (Fsp3) is 0.727. The molecule has 1 saturated heterocycles. The summed E-state index contributed by atoms with van der Waals surface area (Å²) in [5.41, 5.74) is 0.359. The Balaban J connectivity index is 2.91. The van der Waals surface area contributed by atoms with Crippen molar-refractivity contribution in [3.8, 4) is 0 Å². The Labute approximate surface area is 80.0 Å². The molecule has 0 radical (unpaired) electrons. The van der Waals surface area contributed by atoms with Gasteiger partial charge < -0.3 is 9.53 Å². The van der Waals surface area contributed by atoms with Gasteiger partial charge in [0, 0.05) is 6.61 Å². The van der Waals surface area contributed by atoms with Crippen molar-refractivity contribution in [3.63, 3.8) is 0 Å². The number of allylic oxidation sites excluding steroid dienone is 1. The molecule has 0 amide bonds. The van der Waals surface area contributed by atoms with E-state index >= 15 is 0 Å². The molecule has 0 aromatic rings. The molecule has 1 aliphatic rings. The first kappa shape index (κ1) is 10.5. The summed E-state index contributed by atoms with van der Waals surface area (Å²) < 4.78 is 5.58. The standard InChI is InChI=1S/C11H18O2/c1-9(2)7-11(8-12)5-6-13-10(11,3)4/h8H,1,5-7H2,2-4H3. The zero-order valence-electron chi connectivity index (χ0n) is 8.72. The molecule has 0 bridgehead atoms. The quantitative estimate of drug-likeness (QED) is 0.494. The van der Waals surface area contributed by atoms with E-state index in [1.54, 1.807) is 0 Å². The lowest BCUT2D eigenvalue weighted by molar-refractivity contribution is -0.124. The van der Waals surface area contributed by atoms with Crippen molar-refractivity contribution in [1.29, 1.82) is 0 Å². The van der Waals surface area contributed by atoms with Gasteiger partial charge in [-0.3, -0.25) is 0 Å². The van der Waals surface area contributed by atoms with E-state index in [0.717, 1.165) is 24.7 Å². The smallest absolute Gasteiger partial charge is 0.129 e. The third-order valence-electron chi connectivity index (χ3n) is 3.05. The van der Waals surface area contributed by atoms with Crippen molar-refractivity contribution in [2.45, 2.75) is 39.2 Å². The third-order valence-corrected chi connectivity index (χ3v) is 3.05. The monoisotopic (exact) mass is 182 g/mol. The molecular weight excluding hydrogens is 164 g/mol. The first-order valence-electron chi connectivity index (χ1n) is 4.68. The van der Waals surface area contributed by atoms with Crippen LogP contribution >= 0.6 is 0 Å². The fourth-order valence-electron chi connectivity index (χ4n) is 2.02. The van der Waals surface area contributed by atoms with Gasteiger partial charge in [-0.1, -0.05) is 5.57 Å². The maximum atomic E-state index is 11.2. The molecule has 13 heavy (non-hydrogen) atoms. The Morgan fingerprint density at radius 3 is 2.54 bits per heavy atom. The Morgan fingerprint density at radius 1 is 1.62 bits per heavy atom. The summed E-state index contributed by atoms with van der Waals surface area (Å²) in [6, 6.07) is 0. The molecule has 0 aromatic carbocycles. The number of rotatable bonds is 3. The molecule has 74 valence electrons. The summed E-state index contributed by atoms with van der Waals surface area (Å²) in [5.74, 6) is 0. The molecule has 1 atom stereocenters. The van der Waals surface area contributed by atoms with Crippen LogP contribution in [0.15, 0.2) is 12.2 Å². The number of hydrogen-bond donors (Lipinski definition) is 0. The average Bonchev–Trinajstić information content (AvgIpc) is 2.27. The fourth-order valence-corrected chi connectivity index (χ4v) is 2.02. The van der Waals surface area contributed by atoms with Crippen molar-refractivity contribution < 1.29 is 9.53 Å². The van der Waals surface area contributed by atoms with Crippen LogP contribution in [0.1, 0.15) is 33.6 Å². The molecule has 2 heteroatoms. The summed E-state index contributed by atoms with van der Waals surface area (Å²) in [5, 5.41) is 0. The molecule has 1 fully saturated rings. The maximum Gasteiger partial charge on any atom is 0.129 e. The maximum absolute atomic E-state index is 11.2. The van der Waals surface area contributed by atoms with E-state index in [1.165, 1.54) is 0 Å². The minimum atomic E-state index is -0.348. The first-order chi connectivity index (χ1) is 5.93. The van der Waals surface area contributed by atoms with Gasteiger partial charge in [0.25, 0.3) is 0 Å². The van der Waals surface area contributed by atoms with Gasteiger partial charge in [0.1, 0.15) is 6.29 Å². The molecule has 1 aliphatic heterocycles. The summed E-state index contributed by atoms with van der Waals surface area (Å²) in [6.45, 7) is 10.5. The number of ether oxygens (including phenoxy) is 1. The Kier molecular flexibility index (Phi) is 2.62. The average molecular weight is 182 g/mol. The van der Waals surface area contributed by atoms with E-state index < -0.39 is 0 Å². The Morgan fingerprint density at radius 2 is 2.23 bits per heavy atom. The van der Waals surface area contributed by atoms with Crippen molar-refractivity contribution >= 4 is 6.29 Å². The minimum absolute atomic E-state index is 0.340. The van der Waals surface area contributed by atoms with Crippen LogP contribution in [-0.2, 0) is 9.53 Å². The highest BCUT2D eigenvalue weighted by Gasteiger charge is 2.49. The highest BCUT2D eigenvalue weighted by molar-refractivity contribution is 5.63. The number of hydrogen-bond acceptors (Lipinski definition) is 2. The number of carbonyl (C=O) groups excluding carboxylic acids is 1. The van der Waals surface area contributed by atoms with Crippen LogP contribution in [0.5, 0.6) is 0 Å². The highest BCUT2D eigenvalue weighted by Crippen LogP contribution is 2.45. The molecule has 0 spiro atoms. The van der Waals surface area contributed by atoms with Crippen LogP contribution in [0, 0.1) is 5.41 Å². The Bertz CT molecular complexity index is 230. The molecule has 0 N–H and O–H groups in total. The second kappa shape index (κ2) is 3.26. The molecule has 0 saturated carbocycles. The van der Waals surface area contributed by atoms with Crippen LogP contribution in [0.4, 0.5) is 0 Å². The lowest BCUT2D eigenvalue weighted by Crippen LogP contribution is -2.41. The van der Waals surface area contributed by atoms with Gasteiger partial charge in [-0.25, -0.2) is 0 Å². The van der Waals surface area contributed by atoms with E-state index in [4.69, 9.17) is 4.74 Å². The van der Waals surface area contributed by atoms with Crippen LogP contribution in [0.3, 0.4) is 0 Å². The molecular formula is C11H18O2. The topological polar surface area (TPSA) is 26.3 Å². The van der Waals surface area contributed by atoms with Crippen LogP contribution in [0.25, 0.3) is 0 Å². The zero-order valence-corrected chi connectivity index (χ0v) is 8.72. The van der Waals surface area contributed by atoms with E-state index in [0.29, 0.717) is 6.61 Å². The van der Waals surface area contributed by atoms with Gasteiger partial charge in [0.2, 0.25) is 0 Å². The van der Waals surface area contributed by atoms with E-state index in [1.807, 2.05) is 20.8 Å². The molecule has 0 aromatic heterocycles. The second-order valence-corrected chi connectivity index (χ2v) is 4.52. The van der Waals surface area contributed by atoms with E-state index in [-0.39, 0.29) is 11.0 Å². The molecule has 0 aliphatic carbocycles. The van der Waals surface area contributed by atoms with E-state index in [2.05, 4.69) is 6.58 Å². The first-order valence-corrected chi connectivity index (χ1v) is 4.68. The predicted molar refractivity (Wildman–Crippen MR) is 52.6 cm³/mol. The van der Waals surface area contributed by atoms with Gasteiger partial charge in [0.05, 0.1) is 11.0 Å². The molecule has 1 heterocycles. The molecule has 1 unspecified atom stereocenters. The summed E-state index contributed by atoms with van der Waals surface area (Å²) in [6.07, 6.45) is 2.61. The van der Waals surface area contributed by atoms with Gasteiger partial charge in [-0.15, -0.1) is 6.58 Å². The summed E-state index contributed by atoms with van der Waals surface area (Å²) >= 11 is 0. The summed E-state index contributed by atoms with van der Waals surface area (Å²) in [7, 11) is 0. The van der Waals surface area contributed by atoms with Crippen molar-refractivity contribution in [2.75, 3.05) is 6.61 Å². The van der Waals surface area contributed by atoms with Gasteiger partial charge in [-0.2, -0.15) is 0 Å². The minimum Gasteiger partial charge on any atom is -0.374 e. The van der Waals surface area contributed by atoms with Crippen LogP contribution < -0.4 is 0 Å². The van der Waals surface area contributed by atoms with Gasteiger partial charge >= 0.3 is 0 Å². The van der Waals surface area contributed by atoms with Crippen molar-refractivity contribution in [3.05, 3.63) is 12.2 Å². The molecule has 2 nitrogen and oxygen atoms in total. The lowest BCUT2D eigenvalue weighted by Gasteiger charge is -2.35. The van der Waals surface area contributed by atoms with Gasteiger partial charge in [-0.05, 0) is 33.6 Å².